The fourth-order valence-corrected chi connectivity index (χ4v) is 4.41. The van der Waals surface area contributed by atoms with Crippen LogP contribution in [0.4, 0.5) is 5.69 Å². The summed E-state index contributed by atoms with van der Waals surface area (Å²) in [4.78, 5) is 4.81. The number of nitrogen functional groups attached to an aromatic ring is 1. The SMILES string of the molecule is CCc1nc2cc(N)ccc2n1C1CCCCC1SC. The first-order valence-corrected chi connectivity index (χ1v) is 8.82. The Labute approximate surface area is 124 Å². The van der Waals surface area contributed by atoms with Crippen molar-refractivity contribution in [3.63, 3.8) is 0 Å². The Morgan fingerprint density at radius 3 is 2.90 bits per heavy atom. The van der Waals surface area contributed by atoms with Crippen molar-refractivity contribution in [1.82, 2.24) is 9.55 Å². The lowest BCUT2D eigenvalue weighted by atomic mass is 9.94. The molecule has 1 heterocycles. The average molecular weight is 289 g/mol. The molecule has 2 unspecified atom stereocenters. The third-order valence-corrected chi connectivity index (χ3v) is 5.56. The summed E-state index contributed by atoms with van der Waals surface area (Å²) >= 11 is 2.01. The van der Waals surface area contributed by atoms with E-state index < -0.39 is 0 Å². The van der Waals surface area contributed by atoms with Crippen LogP contribution in [-0.2, 0) is 6.42 Å². The Bertz CT molecular complexity index is 605. The Hall–Kier alpha value is -1.16. The number of benzene rings is 1. The molecule has 1 aliphatic carbocycles. The molecule has 1 fully saturated rings. The lowest BCUT2D eigenvalue weighted by Crippen LogP contribution is -2.26. The highest BCUT2D eigenvalue weighted by atomic mass is 32.2. The molecule has 0 radical (unpaired) electrons. The van der Waals surface area contributed by atoms with E-state index in [1.165, 1.54) is 37.0 Å². The predicted molar refractivity (Wildman–Crippen MR) is 88.3 cm³/mol. The zero-order valence-corrected chi connectivity index (χ0v) is 13.1. The van der Waals surface area contributed by atoms with Crippen molar-refractivity contribution in [3.05, 3.63) is 24.0 Å². The zero-order valence-electron chi connectivity index (χ0n) is 12.3. The zero-order chi connectivity index (χ0) is 14.1. The molecule has 1 aromatic heterocycles. The molecule has 4 heteroatoms. The summed E-state index contributed by atoms with van der Waals surface area (Å²) in [7, 11) is 0. The molecule has 1 aromatic carbocycles. The van der Waals surface area contributed by atoms with Crippen LogP contribution in [-0.4, -0.2) is 21.1 Å². The number of anilines is 1. The normalized spacial score (nSPS) is 23.3. The number of aryl methyl sites for hydroxylation is 1. The number of thioether (sulfide) groups is 1. The van der Waals surface area contributed by atoms with Gasteiger partial charge in [0.05, 0.1) is 11.0 Å². The van der Waals surface area contributed by atoms with Crippen LogP contribution in [0.25, 0.3) is 11.0 Å². The van der Waals surface area contributed by atoms with Gasteiger partial charge in [0, 0.05) is 23.4 Å². The van der Waals surface area contributed by atoms with Crippen molar-refractivity contribution in [3.8, 4) is 0 Å². The Balaban J connectivity index is 2.13. The van der Waals surface area contributed by atoms with E-state index in [-0.39, 0.29) is 0 Å². The molecule has 3 rings (SSSR count). The van der Waals surface area contributed by atoms with Crippen LogP contribution >= 0.6 is 11.8 Å². The second kappa shape index (κ2) is 5.68. The van der Waals surface area contributed by atoms with Crippen molar-refractivity contribution in [2.45, 2.75) is 50.3 Å². The maximum absolute atomic E-state index is 5.90. The van der Waals surface area contributed by atoms with E-state index in [0.29, 0.717) is 11.3 Å². The van der Waals surface area contributed by atoms with Gasteiger partial charge in [-0.15, -0.1) is 0 Å². The minimum Gasteiger partial charge on any atom is -0.399 e. The van der Waals surface area contributed by atoms with E-state index in [9.17, 15) is 0 Å². The molecule has 108 valence electrons. The largest absolute Gasteiger partial charge is 0.399 e. The van der Waals surface area contributed by atoms with E-state index in [1.54, 1.807) is 0 Å². The number of rotatable bonds is 3. The van der Waals surface area contributed by atoms with Crippen molar-refractivity contribution in [1.29, 1.82) is 0 Å². The van der Waals surface area contributed by atoms with Crippen molar-refractivity contribution in [2.75, 3.05) is 12.0 Å². The van der Waals surface area contributed by atoms with Crippen molar-refractivity contribution >= 4 is 28.5 Å². The topological polar surface area (TPSA) is 43.8 Å². The summed E-state index contributed by atoms with van der Waals surface area (Å²) in [5, 5.41) is 0.712. The molecule has 2 atom stereocenters. The van der Waals surface area contributed by atoms with Crippen LogP contribution in [0, 0.1) is 0 Å². The summed E-state index contributed by atoms with van der Waals surface area (Å²) in [6.07, 6.45) is 8.51. The maximum Gasteiger partial charge on any atom is 0.109 e. The van der Waals surface area contributed by atoms with Crippen LogP contribution in [0.1, 0.15) is 44.5 Å². The molecular formula is C16H23N3S. The van der Waals surface area contributed by atoms with Gasteiger partial charge >= 0.3 is 0 Å². The quantitative estimate of drug-likeness (QED) is 0.868. The van der Waals surface area contributed by atoms with E-state index in [2.05, 4.69) is 23.8 Å². The Kier molecular flexibility index (Phi) is 3.92. The number of nitrogens with zero attached hydrogens (tertiary/aromatic N) is 2. The van der Waals surface area contributed by atoms with Crippen molar-refractivity contribution in [2.24, 2.45) is 0 Å². The summed E-state index contributed by atoms with van der Waals surface area (Å²) in [5.41, 5.74) is 9.00. The molecule has 2 N–H and O–H groups in total. The molecule has 0 spiro atoms. The summed E-state index contributed by atoms with van der Waals surface area (Å²) in [6, 6.07) is 6.73. The van der Waals surface area contributed by atoms with Gasteiger partial charge in [-0.1, -0.05) is 19.8 Å². The highest BCUT2D eigenvalue weighted by Crippen LogP contribution is 2.38. The molecule has 0 saturated heterocycles. The van der Waals surface area contributed by atoms with Crippen LogP contribution in [0.5, 0.6) is 0 Å². The first-order chi connectivity index (χ1) is 9.74. The highest BCUT2D eigenvalue weighted by Gasteiger charge is 2.28. The highest BCUT2D eigenvalue weighted by molar-refractivity contribution is 7.99. The summed E-state index contributed by atoms with van der Waals surface area (Å²) < 4.78 is 2.50. The average Bonchev–Trinajstić information content (AvgIpc) is 2.84. The van der Waals surface area contributed by atoms with Gasteiger partial charge < -0.3 is 10.3 Å². The fraction of sp³-hybridized carbons (Fsp3) is 0.562. The molecule has 2 aromatic rings. The van der Waals surface area contributed by atoms with Gasteiger partial charge in [-0.2, -0.15) is 11.8 Å². The van der Waals surface area contributed by atoms with E-state index >= 15 is 0 Å². The minimum atomic E-state index is 0.585. The molecule has 0 bridgehead atoms. The second-order valence-corrected chi connectivity index (χ2v) is 6.70. The van der Waals surface area contributed by atoms with Gasteiger partial charge in [-0.25, -0.2) is 4.98 Å². The van der Waals surface area contributed by atoms with Gasteiger partial charge in [0.1, 0.15) is 5.82 Å². The van der Waals surface area contributed by atoms with Gasteiger partial charge in [-0.05, 0) is 37.3 Å². The van der Waals surface area contributed by atoms with Gasteiger partial charge in [0.25, 0.3) is 0 Å². The number of nitrogens with two attached hydrogens (primary N) is 1. The van der Waals surface area contributed by atoms with Gasteiger partial charge in [-0.3, -0.25) is 0 Å². The van der Waals surface area contributed by atoms with E-state index in [1.807, 2.05) is 23.9 Å². The Morgan fingerprint density at radius 2 is 2.15 bits per heavy atom. The van der Waals surface area contributed by atoms with E-state index in [0.717, 1.165) is 17.6 Å². The number of fused-ring (bicyclic) bond motifs is 1. The molecule has 0 aliphatic heterocycles. The summed E-state index contributed by atoms with van der Waals surface area (Å²) in [6.45, 7) is 2.19. The lowest BCUT2D eigenvalue weighted by Gasteiger charge is -2.32. The van der Waals surface area contributed by atoms with Crippen LogP contribution in [0.15, 0.2) is 18.2 Å². The summed E-state index contributed by atoms with van der Waals surface area (Å²) in [5.74, 6) is 1.21. The molecular weight excluding hydrogens is 266 g/mol. The number of hydrogen-bond acceptors (Lipinski definition) is 3. The smallest absolute Gasteiger partial charge is 0.109 e. The van der Waals surface area contributed by atoms with Crippen LogP contribution in [0.3, 0.4) is 0 Å². The van der Waals surface area contributed by atoms with Crippen LogP contribution < -0.4 is 5.73 Å². The standard InChI is InChI=1S/C16H23N3S/c1-3-16-18-12-10-11(17)8-9-13(12)19(16)14-6-4-5-7-15(14)20-2/h8-10,14-15H,3-7,17H2,1-2H3. The third kappa shape index (κ3) is 2.30. The molecule has 1 saturated carbocycles. The fourth-order valence-electron chi connectivity index (χ4n) is 3.43. The first-order valence-electron chi connectivity index (χ1n) is 7.53. The molecule has 0 amide bonds. The molecule has 20 heavy (non-hydrogen) atoms. The van der Waals surface area contributed by atoms with Crippen molar-refractivity contribution < 1.29 is 0 Å². The minimum absolute atomic E-state index is 0.585. The predicted octanol–water partition coefficient (Wildman–Crippen LogP) is 4.03. The second-order valence-electron chi connectivity index (χ2n) is 5.63. The lowest BCUT2D eigenvalue weighted by molar-refractivity contribution is 0.364. The number of hydrogen-bond donors (Lipinski definition) is 1. The molecule has 1 aliphatic rings. The monoisotopic (exact) mass is 289 g/mol. The van der Waals surface area contributed by atoms with E-state index in [4.69, 9.17) is 10.7 Å². The maximum atomic E-state index is 5.90. The van der Waals surface area contributed by atoms with Crippen LogP contribution in [0.2, 0.25) is 0 Å². The van der Waals surface area contributed by atoms with Gasteiger partial charge in [0.15, 0.2) is 0 Å². The number of aromatic nitrogens is 2. The number of imidazole rings is 1. The van der Waals surface area contributed by atoms with Gasteiger partial charge in [0.2, 0.25) is 0 Å². The third-order valence-electron chi connectivity index (χ3n) is 4.40. The first kappa shape index (κ1) is 13.8. The Morgan fingerprint density at radius 1 is 1.35 bits per heavy atom. The molecule has 3 nitrogen and oxygen atoms in total.